The van der Waals surface area contributed by atoms with Gasteiger partial charge in [0.05, 0.1) is 0 Å². The molecule has 1 rings (SSSR count). The van der Waals surface area contributed by atoms with Crippen LogP contribution >= 0.6 is 27.7 Å². The summed E-state index contributed by atoms with van der Waals surface area (Å²) in [5, 5.41) is 6.53. The van der Waals surface area contributed by atoms with E-state index >= 15 is 0 Å². The SMILES string of the molecule is CCNc1ncnc(NC(C)CSC)c1Br. The smallest absolute Gasteiger partial charge is 0.146 e. The molecule has 0 aliphatic carbocycles. The summed E-state index contributed by atoms with van der Waals surface area (Å²) in [5.74, 6) is 2.72. The highest BCUT2D eigenvalue weighted by Gasteiger charge is 2.09. The van der Waals surface area contributed by atoms with Crippen molar-refractivity contribution >= 4 is 39.3 Å². The molecule has 1 atom stereocenters. The summed E-state index contributed by atoms with van der Waals surface area (Å²) in [6.07, 6.45) is 3.66. The molecule has 1 aromatic rings. The molecule has 16 heavy (non-hydrogen) atoms. The fourth-order valence-corrected chi connectivity index (χ4v) is 2.33. The molecular weight excluding hydrogens is 288 g/mol. The second-order valence-corrected chi connectivity index (χ2v) is 5.12. The van der Waals surface area contributed by atoms with Crippen LogP contribution in [0.5, 0.6) is 0 Å². The Labute approximate surface area is 109 Å². The molecule has 4 nitrogen and oxygen atoms in total. The Kier molecular flexibility index (Phi) is 5.90. The third kappa shape index (κ3) is 3.83. The molecule has 6 heteroatoms. The third-order valence-electron chi connectivity index (χ3n) is 1.93. The van der Waals surface area contributed by atoms with Crippen LogP contribution in [-0.2, 0) is 0 Å². The summed E-state index contributed by atoms with van der Waals surface area (Å²) in [6, 6.07) is 0.385. The maximum Gasteiger partial charge on any atom is 0.146 e. The summed E-state index contributed by atoms with van der Waals surface area (Å²) >= 11 is 5.32. The van der Waals surface area contributed by atoms with Gasteiger partial charge in [-0.1, -0.05) is 0 Å². The zero-order chi connectivity index (χ0) is 12.0. The van der Waals surface area contributed by atoms with Gasteiger partial charge in [0.2, 0.25) is 0 Å². The normalized spacial score (nSPS) is 12.2. The molecule has 0 saturated carbocycles. The summed E-state index contributed by atoms with van der Waals surface area (Å²) in [7, 11) is 0. The summed E-state index contributed by atoms with van der Waals surface area (Å²) in [4.78, 5) is 8.39. The number of halogens is 1. The van der Waals surface area contributed by atoms with Gasteiger partial charge in [-0.2, -0.15) is 11.8 Å². The number of anilines is 2. The third-order valence-corrected chi connectivity index (χ3v) is 3.52. The summed E-state index contributed by atoms with van der Waals surface area (Å²) in [6.45, 7) is 5.02. The van der Waals surface area contributed by atoms with Gasteiger partial charge in [0.25, 0.3) is 0 Å². The van der Waals surface area contributed by atoms with Crippen LogP contribution in [0.1, 0.15) is 13.8 Å². The minimum atomic E-state index is 0.385. The van der Waals surface area contributed by atoms with E-state index in [4.69, 9.17) is 0 Å². The average Bonchev–Trinajstić information content (AvgIpc) is 2.24. The van der Waals surface area contributed by atoms with Gasteiger partial charge in [-0.25, -0.2) is 9.97 Å². The zero-order valence-electron chi connectivity index (χ0n) is 9.75. The van der Waals surface area contributed by atoms with Gasteiger partial charge in [-0.3, -0.25) is 0 Å². The van der Waals surface area contributed by atoms with Crippen molar-refractivity contribution in [3.05, 3.63) is 10.8 Å². The number of hydrogen-bond acceptors (Lipinski definition) is 5. The van der Waals surface area contributed by atoms with Crippen molar-refractivity contribution in [3.63, 3.8) is 0 Å². The van der Waals surface area contributed by atoms with E-state index < -0.39 is 0 Å². The van der Waals surface area contributed by atoms with E-state index in [1.807, 2.05) is 18.7 Å². The minimum Gasteiger partial charge on any atom is -0.369 e. The van der Waals surface area contributed by atoms with Crippen LogP contribution in [0.3, 0.4) is 0 Å². The van der Waals surface area contributed by atoms with Crippen LogP contribution in [-0.4, -0.2) is 34.6 Å². The minimum absolute atomic E-state index is 0.385. The molecule has 0 amide bonds. The molecule has 0 saturated heterocycles. The van der Waals surface area contributed by atoms with Gasteiger partial charge in [-0.15, -0.1) is 0 Å². The van der Waals surface area contributed by atoms with E-state index in [0.29, 0.717) is 6.04 Å². The predicted octanol–water partition coefficient (Wildman–Crippen LogP) is 2.83. The molecule has 1 heterocycles. The Hall–Kier alpha value is -0.490. The molecule has 90 valence electrons. The molecular formula is C10H17BrN4S. The van der Waals surface area contributed by atoms with Gasteiger partial charge >= 0.3 is 0 Å². The first-order valence-electron chi connectivity index (χ1n) is 5.18. The maximum atomic E-state index is 4.23. The van der Waals surface area contributed by atoms with Crippen LogP contribution in [0.25, 0.3) is 0 Å². The molecule has 0 fully saturated rings. The van der Waals surface area contributed by atoms with Crippen LogP contribution in [0.2, 0.25) is 0 Å². The highest BCUT2D eigenvalue weighted by atomic mass is 79.9. The number of nitrogens with one attached hydrogen (secondary N) is 2. The standard InChI is InChI=1S/C10H17BrN4S/c1-4-12-9-8(11)10(14-6-13-9)15-7(2)5-16-3/h6-7H,4-5H2,1-3H3,(H2,12,13,14,15). The Balaban J connectivity index is 2.76. The molecule has 0 spiro atoms. The lowest BCUT2D eigenvalue weighted by molar-refractivity contribution is 0.897. The first-order chi connectivity index (χ1) is 7.69. The molecule has 1 unspecified atom stereocenters. The first-order valence-corrected chi connectivity index (χ1v) is 7.37. The fourth-order valence-electron chi connectivity index (χ4n) is 1.29. The second-order valence-electron chi connectivity index (χ2n) is 3.42. The molecule has 0 bridgehead atoms. The van der Waals surface area contributed by atoms with Crippen molar-refractivity contribution in [1.29, 1.82) is 0 Å². The van der Waals surface area contributed by atoms with Gasteiger partial charge in [0.15, 0.2) is 0 Å². The van der Waals surface area contributed by atoms with Crippen molar-refractivity contribution < 1.29 is 0 Å². The summed E-state index contributed by atoms with van der Waals surface area (Å²) in [5.41, 5.74) is 0. The maximum absolute atomic E-state index is 4.23. The van der Waals surface area contributed by atoms with Crippen molar-refractivity contribution in [2.45, 2.75) is 19.9 Å². The van der Waals surface area contributed by atoms with Crippen LogP contribution in [0, 0.1) is 0 Å². The van der Waals surface area contributed by atoms with Gasteiger partial charge in [0, 0.05) is 18.3 Å². The largest absolute Gasteiger partial charge is 0.369 e. The Bertz CT molecular complexity index is 335. The Morgan fingerprint density at radius 3 is 2.75 bits per heavy atom. The first kappa shape index (κ1) is 13.6. The molecule has 0 aliphatic heterocycles. The molecule has 0 radical (unpaired) electrons. The van der Waals surface area contributed by atoms with Gasteiger partial charge in [0.1, 0.15) is 22.4 Å². The lowest BCUT2D eigenvalue weighted by atomic mass is 10.4. The van der Waals surface area contributed by atoms with Crippen molar-refractivity contribution in [3.8, 4) is 0 Å². The molecule has 1 aromatic heterocycles. The average molecular weight is 305 g/mol. The lowest BCUT2D eigenvalue weighted by Gasteiger charge is -2.15. The fraction of sp³-hybridized carbons (Fsp3) is 0.600. The van der Waals surface area contributed by atoms with E-state index in [1.165, 1.54) is 0 Å². The Morgan fingerprint density at radius 1 is 1.44 bits per heavy atom. The summed E-state index contributed by atoms with van der Waals surface area (Å²) < 4.78 is 0.893. The molecule has 0 aromatic carbocycles. The van der Waals surface area contributed by atoms with Crippen molar-refractivity contribution in [1.82, 2.24) is 9.97 Å². The van der Waals surface area contributed by atoms with Crippen molar-refractivity contribution in [2.75, 3.05) is 29.2 Å². The lowest BCUT2D eigenvalue weighted by Crippen LogP contribution is -2.19. The van der Waals surface area contributed by atoms with Gasteiger partial charge < -0.3 is 10.6 Å². The monoisotopic (exact) mass is 304 g/mol. The van der Waals surface area contributed by atoms with Crippen LogP contribution < -0.4 is 10.6 Å². The molecule has 0 aliphatic rings. The number of aromatic nitrogens is 2. The second kappa shape index (κ2) is 6.96. The predicted molar refractivity (Wildman–Crippen MR) is 75.4 cm³/mol. The number of hydrogen-bond donors (Lipinski definition) is 2. The quantitative estimate of drug-likeness (QED) is 0.846. The van der Waals surface area contributed by atoms with Crippen LogP contribution in [0.4, 0.5) is 11.6 Å². The molecule has 2 N–H and O–H groups in total. The zero-order valence-corrected chi connectivity index (χ0v) is 12.2. The number of rotatable bonds is 6. The van der Waals surface area contributed by atoms with E-state index in [1.54, 1.807) is 6.33 Å². The number of nitrogens with zero attached hydrogens (tertiary/aromatic N) is 2. The highest BCUT2D eigenvalue weighted by molar-refractivity contribution is 9.10. The topological polar surface area (TPSA) is 49.8 Å². The van der Waals surface area contributed by atoms with Crippen molar-refractivity contribution in [2.24, 2.45) is 0 Å². The van der Waals surface area contributed by atoms with E-state index in [2.05, 4.69) is 49.7 Å². The number of thioether (sulfide) groups is 1. The van der Waals surface area contributed by atoms with Crippen LogP contribution in [0.15, 0.2) is 10.8 Å². The Morgan fingerprint density at radius 2 is 2.12 bits per heavy atom. The van der Waals surface area contributed by atoms with E-state index in [0.717, 1.165) is 28.4 Å². The van der Waals surface area contributed by atoms with E-state index in [9.17, 15) is 0 Å². The van der Waals surface area contributed by atoms with E-state index in [-0.39, 0.29) is 0 Å². The highest BCUT2D eigenvalue weighted by Crippen LogP contribution is 2.26. The van der Waals surface area contributed by atoms with Gasteiger partial charge in [-0.05, 0) is 36.0 Å².